The fraction of sp³-hybridized carbons (Fsp3) is 0.243. The zero-order valence-electron chi connectivity index (χ0n) is 28.9. The molecule has 0 aliphatic carbocycles. The topological polar surface area (TPSA) is 144 Å². The van der Waals surface area contributed by atoms with E-state index in [2.05, 4.69) is 108 Å². The summed E-state index contributed by atoms with van der Waals surface area (Å²) in [6.07, 6.45) is 4.09. The van der Waals surface area contributed by atoms with E-state index < -0.39 is 31.5 Å². The summed E-state index contributed by atoms with van der Waals surface area (Å²) < 4.78 is 53.4. The predicted molar refractivity (Wildman–Crippen MR) is 232 cm³/mol. The number of benzene rings is 3. The highest BCUT2D eigenvalue weighted by atomic mass is 127. The number of nitrogens with two attached hydrogens (primary N) is 1. The number of carbonyl (C=O) groups excluding carboxylic acids is 1. The maximum atomic E-state index is 13.0. The first-order chi connectivity index (χ1) is 26.9. The number of amides is 1. The normalized spacial score (nSPS) is 17.3. The summed E-state index contributed by atoms with van der Waals surface area (Å²) in [5, 5.41) is 9.36. The summed E-state index contributed by atoms with van der Waals surface area (Å²) in [6, 6.07) is 16.9. The van der Waals surface area contributed by atoms with Gasteiger partial charge in [-0.3, -0.25) is 4.79 Å². The standard InChI is InChI=1S/C13H11BrFN3O2.C12H9BrFIN2O.C12H10BrIN2O2/c14-7-1-2-11-9(3-7)13-17-10(12(16)19)6-18(13)5-8(4-15)20-11;13-7-1-2-10-9(3-7)12-16-11(15)6-17(12)5-8(4-14)18-10;13-7-1-2-10-9(3-7)12-15-11(14)5-16(12)4-8(6-17)18-10/h1-3,6,8H,4-5H2,(H2,16,19);1-3,6,8H,4-5H2;1-3,5,8,17H,4,6H2. The van der Waals surface area contributed by atoms with Crippen LogP contribution in [0.3, 0.4) is 0 Å². The number of alkyl halides is 2. The zero-order valence-corrected chi connectivity index (χ0v) is 38.0. The molecule has 0 bridgehead atoms. The number of hydrogen-bond donors (Lipinski definition) is 2. The Bertz CT molecular complexity index is 2310. The van der Waals surface area contributed by atoms with E-state index in [0.29, 0.717) is 36.0 Å². The van der Waals surface area contributed by atoms with E-state index in [9.17, 15) is 18.7 Å². The van der Waals surface area contributed by atoms with Crippen molar-refractivity contribution in [1.82, 2.24) is 28.7 Å². The molecule has 292 valence electrons. The van der Waals surface area contributed by atoms with E-state index in [-0.39, 0.29) is 24.9 Å². The number of fused-ring (bicyclic) bond motifs is 9. The van der Waals surface area contributed by atoms with Crippen LogP contribution in [0, 0.1) is 7.40 Å². The van der Waals surface area contributed by atoms with Gasteiger partial charge in [0, 0.05) is 32.0 Å². The number of aromatic nitrogens is 6. The van der Waals surface area contributed by atoms with Crippen LogP contribution in [0.15, 0.2) is 86.6 Å². The largest absolute Gasteiger partial charge is 0.485 e. The average Bonchev–Trinajstić information content (AvgIpc) is 3.80. The monoisotopic (exact) mass is 1180 g/mol. The number of hydrogen-bond acceptors (Lipinski definition) is 8. The highest BCUT2D eigenvalue weighted by Crippen LogP contribution is 2.38. The van der Waals surface area contributed by atoms with Gasteiger partial charge in [-0.25, -0.2) is 23.7 Å². The van der Waals surface area contributed by atoms with Crippen LogP contribution >= 0.6 is 93.0 Å². The summed E-state index contributed by atoms with van der Waals surface area (Å²) >= 11 is 14.6. The highest BCUT2D eigenvalue weighted by molar-refractivity contribution is 14.1. The zero-order chi connectivity index (χ0) is 39.7. The number of carbonyl (C=O) groups is 1. The fourth-order valence-electron chi connectivity index (χ4n) is 6.27. The van der Waals surface area contributed by atoms with E-state index in [0.717, 1.165) is 49.3 Å². The Balaban J connectivity index is 0.000000129. The number of halogens is 7. The van der Waals surface area contributed by atoms with Gasteiger partial charge in [-0.1, -0.05) is 47.8 Å². The molecular formula is C37H30Br3F2I2N7O5. The third kappa shape index (κ3) is 9.11. The molecule has 9 rings (SSSR count). The van der Waals surface area contributed by atoms with Crippen LogP contribution in [-0.4, -0.2) is 77.9 Å². The Kier molecular flexibility index (Phi) is 13.0. The molecule has 19 heteroatoms. The van der Waals surface area contributed by atoms with Crippen LogP contribution in [0.5, 0.6) is 17.2 Å². The molecule has 1 amide bonds. The van der Waals surface area contributed by atoms with Gasteiger partial charge in [0.15, 0.2) is 0 Å². The van der Waals surface area contributed by atoms with Crippen molar-refractivity contribution in [2.45, 2.75) is 37.9 Å². The Morgan fingerprint density at radius 1 is 0.679 bits per heavy atom. The second-order valence-electron chi connectivity index (χ2n) is 12.7. The lowest BCUT2D eigenvalue weighted by atomic mass is 10.2. The molecule has 3 aliphatic heterocycles. The first-order valence-electron chi connectivity index (χ1n) is 16.9. The van der Waals surface area contributed by atoms with Crippen LogP contribution in [0.4, 0.5) is 8.78 Å². The molecule has 3 N–H and O–H groups in total. The highest BCUT2D eigenvalue weighted by Gasteiger charge is 2.27. The van der Waals surface area contributed by atoms with Crippen LogP contribution in [0.2, 0.25) is 0 Å². The molecule has 3 aliphatic rings. The first kappa shape index (κ1) is 41.1. The Hall–Kier alpha value is -3.12. The van der Waals surface area contributed by atoms with Gasteiger partial charge in [-0.05, 0) is 99.8 Å². The smallest absolute Gasteiger partial charge is 0.268 e. The van der Waals surface area contributed by atoms with Crippen molar-refractivity contribution in [3.63, 3.8) is 0 Å². The molecule has 3 unspecified atom stereocenters. The second-order valence-corrected chi connectivity index (χ2v) is 17.6. The molecule has 3 atom stereocenters. The number of ether oxygens (including phenoxy) is 3. The summed E-state index contributed by atoms with van der Waals surface area (Å²) in [6.45, 7) is 0.215. The molecule has 0 fully saturated rings. The molecule has 0 spiro atoms. The van der Waals surface area contributed by atoms with Gasteiger partial charge in [0.1, 0.15) is 79.5 Å². The lowest BCUT2D eigenvalue weighted by Crippen LogP contribution is -2.25. The van der Waals surface area contributed by atoms with Crippen molar-refractivity contribution in [3.05, 3.63) is 99.7 Å². The summed E-state index contributed by atoms with van der Waals surface area (Å²) in [7, 11) is 0. The molecule has 0 radical (unpaired) electrons. The van der Waals surface area contributed by atoms with Gasteiger partial charge in [-0.15, -0.1) is 0 Å². The summed E-state index contributed by atoms with van der Waals surface area (Å²) in [5.41, 5.74) is 7.95. The predicted octanol–water partition coefficient (Wildman–Crippen LogP) is 8.46. The van der Waals surface area contributed by atoms with E-state index >= 15 is 0 Å². The Labute approximate surface area is 371 Å². The molecule has 0 saturated carbocycles. The lowest BCUT2D eigenvalue weighted by Gasteiger charge is -2.14. The van der Waals surface area contributed by atoms with Crippen LogP contribution < -0.4 is 19.9 Å². The number of aliphatic hydroxyl groups excluding tert-OH is 1. The van der Waals surface area contributed by atoms with Gasteiger partial charge >= 0.3 is 0 Å². The molecule has 0 saturated heterocycles. The molecule has 3 aromatic heterocycles. The van der Waals surface area contributed by atoms with Gasteiger partial charge in [0.2, 0.25) is 0 Å². The van der Waals surface area contributed by atoms with Crippen molar-refractivity contribution in [2.24, 2.45) is 5.73 Å². The Morgan fingerprint density at radius 2 is 1.05 bits per heavy atom. The minimum absolute atomic E-state index is 0.0102. The van der Waals surface area contributed by atoms with Crippen molar-refractivity contribution in [3.8, 4) is 51.4 Å². The molecule has 6 heterocycles. The molecule has 56 heavy (non-hydrogen) atoms. The number of imidazole rings is 3. The van der Waals surface area contributed by atoms with E-state index in [1.807, 2.05) is 70.1 Å². The van der Waals surface area contributed by atoms with Gasteiger partial charge in [0.25, 0.3) is 5.91 Å². The lowest BCUT2D eigenvalue weighted by molar-refractivity contribution is 0.0995. The van der Waals surface area contributed by atoms with Crippen molar-refractivity contribution < 1.29 is 32.9 Å². The molecule has 6 aromatic rings. The van der Waals surface area contributed by atoms with E-state index in [1.54, 1.807) is 10.6 Å². The van der Waals surface area contributed by atoms with Crippen molar-refractivity contribution in [1.29, 1.82) is 0 Å². The minimum Gasteiger partial charge on any atom is -0.485 e. The quantitative estimate of drug-likeness (QED) is 0.168. The maximum absolute atomic E-state index is 13.0. The van der Waals surface area contributed by atoms with E-state index in [1.165, 1.54) is 6.20 Å². The molecular weight excluding hydrogens is 1150 g/mol. The Morgan fingerprint density at radius 3 is 1.45 bits per heavy atom. The second kappa shape index (κ2) is 17.8. The van der Waals surface area contributed by atoms with Gasteiger partial charge in [0.05, 0.1) is 42.9 Å². The third-order valence-electron chi connectivity index (χ3n) is 8.70. The molecule has 12 nitrogen and oxygen atoms in total. The van der Waals surface area contributed by atoms with Gasteiger partial charge in [-0.2, -0.15) is 0 Å². The van der Waals surface area contributed by atoms with Crippen molar-refractivity contribution in [2.75, 3.05) is 20.0 Å². The SMILES string of the molecule is FCC1Cn2cc(I)nc2-c2cc(Br)ccc2O1.NC(=O)c1cn2c(n1)-c1cc(Br)ccc1OC(CF)C2.OCC1Cn2cc(I)nc2-c2cc(Br)ccc2O1. The van der Waals surface area contributed by atoms with Crippen LogP contribution in [-0.2, 0) is 19.6 Å². The van der Waals surface area contributed by atoms with E-state index in [4.69, 9.17) is 19.9 Å². The summed E-state index contributed by atoms with van der Waals surface area (Å²) in [4.78, 5) is 24.5. The van der Waals surface area contributed by atoms with Crippen LogP contribution in [0.1, 0.15) is 10.5 Å². The number of nitrogens with zero attached hydrogens (tertiary/aromatic N) is 6. The number of aliphatic hydroxyl groups is 1. The minimum atomic E-state index is -0.626. The van der Waals surface area contributed by atoms with Crippen LogP contribution in [0.25, 0.3) is 34.2 Å². The first-order valence-corrected chi connectivity index (χ1v) is 21.4. The van der Waals surface area contributed by atoms with Crippen molar-refractivity contribution >= 4 is 98.9 Å². The number of rotatable bonds is 4. The summed E-state index contributed by atoms with van der Waals surface area (Å²) in [5.74, 6) is 3.63. The third-order valence-corrected chi connectivity index (χ3v) is 11.2. The maximum Gasteiger partial charge on any atom is 0.268 e. The molecule has 3 aromatic carbocycles. The van der Waals surface area contributed by atoms with Gasteiger partial charge < -0.3 is 38.8 Å². The number of primary amides is 1. The average molecular weight is 1180 g/mol. The fourth-order valence-corrected chi connectivity index (χ4v) is 8.48.